The van der Waals surface area contributed by atoms with Crippen LogP contribution in [0.15, 0.2) is 42.5 Å². The standard InChI is InChI=1S/C22H20ClF2N5OS/c1-13-26-22-30(27-13)21(31)20(32-22)19(14-5-6-17(24)18(25)11-14)29-9-7-28(8-10-29)16-4-2-3-15(23)12-16/h2-6,11-12,19,31H,7-10H2,1H3/t19-/m0/s1. The first kappa shape index (κ1) is 21.1. The lowest BCUT2D eigenvalue weighted by Crippen LogP contribution is -2.47. The minimum absolute atomic E-state index is 0.0300. The summed E-state index contributed by atoms with van der Waals surface area (Å²) in [7, 11) is 0. The maximum absolute atomic E-state index is 14.1. The number of hydrogen-bond acceptors (Lipinski definition) is 6. The van der Waals surface area contributed by atoms with Crippen LogP contribution in [0.1, 0.15) is 22.3 Å². The van der Waals surface area contributed by atoms with Crippen molar-refractivity contribution in [1.82, 2.24) is 19.5 Å². The average Bonchev–Trinajstić information content (AvgIpc) is 3.28. The predicted molar refractivity (Wildman–Crippen MR) is 121 cm³/mol. The van der Waals surface area contributed by atoms with Gasteiger partial charge in [-0.15, -0.1) is 5.10 Å². The van der Waals surface area contributed by atoms with Crippen LogP contribution in [0.3, 0.4) is 0 Å². The van der Waals surface area contributed by atoms with Gasteiger partial charge in [-0.05, 0) is 42.8 Å². The second-order valence-electron chi connectivity index (χ2n) is 7.72. The molecule has 0 aliphatic carbocycles. The largest absolute Gasteiger partial charge is 0.492 e. The summed E-state index contributed by atoms with van der Waals surface area (Å²) in [6.45, 7) is 4.51. The fraction of sp³-hybridized carbons (Fsp3) is 0.273. The molecule has 1 aliphatic heterocycles. The minimum Gasteiger partial charge on any atom is -0.492 e. The van der Waals surface area contributed by atoms with Crippen LogP contribution in [0, 0.1) is 18.6 Å². The van der Waals surface area contributed by atoms with Gasteiger partial charge in [-0.3, -0.25) is 4.90 Å². The monoisotopic (exact) mass is 475 g/mol. The SMILES string of the molecule is Cc1nc2sc([C@H](c3ccc(F)c(F)c3)N3CCN(c4cccc(Cl)c4)CC3)c(O)n2n1. The van der Waals surface area contributed by atoms with Gasteiger partial charge < -0.3 is 10.0 Å². The number of nitrogens with zero attached hydrogens (tertiary/aromatic N) is 5. The highest BCUT2D eigenvalue weighted by Gasteiger charge is 2.32. The van der Waals surface area contributed by atoms with Crippen molar-refractivity contribution < 1.29 is 13.9 Å². The molecule has 10 heteroatoms. The van der Waals surface area contributed by atoms with Crippen LogP contribution in [0.2, 0.25) is 5.02 Å². The molecule has 32 heavy (non-hydrogen) atoms. The van der Waals surface area contributed by atoms with E-state index in [1.807, 2.05) is 24.3 Å². The summed E-state index contributed by atoms with van der Waals surface area (Å²) in [4.78, 5) is 9.89. The number of anilines is 1. The van der Waals surface area contributed by atoms with Gasteiger partial charge in [-0.2, -0.15) is 4.52 Å². The quantitative estimate of drug-likeness (QED) is 0.465. The first-order valence-corrected chi connectivity index (χ1v) is 11.3. The lowest BCUT2D eigenvalue weighted by molar-refractivity contribution is 0.210. The van der Waals surface area contributed by atoms with E-state index in [4.69, 9.17) is 11.6 Å². The molecule has 6 nitrogen and oxygen atoms in total. The molecule has 0 amide bonds. The van der Waals surface area contributed by atoms with Crippen molar-refractivity contribution in [1.29, 1.82) is 0 Å². The molecule has 0 unspecified atom stereocenters. The average molecular weight is 476 g/mol. The molecule has 1 aliphatic rings. The first-order chi connectivity index (χ1) is 15.4. The van der Waals surface area contributed by atoms with Crippen LogP contribution >= 0.6 is 22.9 Å². The second kappa shape index (κ2) is 8.31. The summed E-state index contributed by atoms with van der Waals surface area (Å²) < 4.78 is 29.2. The fourth-order valence-corrected chi connectivity index (χ4v) is 5.50. The molecule has 0 spiro atoms. The third-order valence-electron chi connectivity index (χ3n) is 5.67. The first-order valence-electron chi connectivity index (χ1n) is 10.2. The molecule has 3 heterocycles. The topological polar surface area (TPSA) is 56.9 Å². The fourth-order valence-electron chi connectivity index (χ4n) is 4.15. The number of hydrogen-bond donors (Lipinski definition) is 1. The Bertz CT molecular complexity index is 1280. The van der Waals surface area contributed by atoms with Gasteiger partial charge >= 0.3 is 0 Å². The number of piperazine rings is 1. The lowest BCUT2D eigenvalue weighted by atomic mass is 10.0. The number of benzene rings is 2. The van der Waals surface area contributed by atoms with E-state index in [0.29, 0.717) is 39.3 Å². The van der Waals surface area contributed by atoms with E-state index >= 15 is 0 Å². The van der Waals surface area contributed by atoms with Crippen LogP contribution in [0.5, 0.6) is 5.88 Å². The van der Waals surface area contributed by atoms with E-state index in [1.54, 1.807) is 13.0 Å². The van der Waals surface area contributed by atoms with Crippen LogP contribution in [0.25, 0.3) is 4.96 Å². The maximum atomic E-state index is 14.1. The zero-order valence-electron chi connectivity index (χ0n) is 17.2. The lowest BCUT2D eigenvalue weighted by Gasteiger charge is -2.40. The van der Waals surface area contributed by atoms with Gasteiger partial charge in [0.15, 0.2) is 11.6 Å². The van der Waals surface area contributed by atoms with Crippen molar-refractivity contribution in [2.24, 2.45) is 0 Å². The molecule has 166 valence electrons. The highest BCUT2D eigenvalue weighted by atomic mass is 35.5. The van der Waals surface area contributed by atoms with Crippen molar-refractivity contribution >= 4 is 33.6 Å². The number of halogens is 3. The maximum Gasteiger partial charge on any atom is 0.230 e. The van der Waals surface area contributed by atoms with E-state index in [9.17, 15) is 13.9 Å². The van der Waals surface area contributed by atoms with E-state index in [1.165, 1.54) is 21.9 Å². The van der Waals surface area contributed by atoms with Crippen LogP contribution in [-0.4, -0.2) is 50.8 Å². The molecule has 1 fully saturated rings. The molecule has 0 radical (unpaired) electrons. The Labute approximate surface area is 192 Å². The normalized spacial score (nSPS) is 16.1. The molecule has 1 atom stereocenters. The highest BCUT2D eigenvalue weighted by molar-refractivity contribution is 7.17. The Morgan fingerprint density at radius 3 is 2.53 bits per heavy atom. The number of aromatic nitrogens is 3. The van der Waals surface area contributed by atoms with Crippen molar-refractivity contribution in [2.45, 2.75) is 13.0 Å². The second-order valence-corrected chi connectivity index (χ2v) is 9.17. The summed E-state index contributed by atoms with van der Waals surface area (Å²) in [6.07, 6.45) is 0. The Kier molecular flexibility index (Phi) is 5.48. The summed E-state index contributed by atoms with van der Waals surface area (Å²) >= 11 is 7.44. The molecule has 4 aromatic rings. The summed E-state index contributed by atoms with van der Waals surface area (Å²) in [6, 6.07) is 11.1. The zero-order valence-corrected chi connectivity index (χ0v) is 18.7. The minimum atomic E-state index is -0.917. The Balaban J connectivity index is 1.49. The molecule has 0 saturated carbocycles. The predicted octanol–water partition coefficient (Wildman–Crippen LogP) is 4.65. The number of fused-ring (bicyclic) bond motifs is 1. The summed E-state index contributed by atoms with van der Waals surface area (Å²) in [5, 5.41) is 15.8. The van der Waals surface area contributed by atoms with Gasteiger partial charge in [0.25, 0.3) is 0 Å². The Hall–Kier alpha value is -2.75. The molecule has 1 saturated heterocycles. The van der Waals surface area contributed by atoms with Gasteiger partial charge in [0.2, 0.25) is 10.8 Å². The molecule has 2 aromatic heterocycles. The van der Waals surface area contributed by atoms with Gasteiger partial charge in [-0.1, -0.05) is 35.1 Å². The Morgan fingerprint density at radius 1 is 1.06 bits per heavy atom. The highest BCUT2D eigenvalue weighted by Crippen LogP contribution is 2.40. The number of aryl methyl sites for hydroxylation is 1. The summed E-state index contributed by atoms with van der Waals surface area (Å²) in [5.41, 5.74) is 1.61. The van der Waals surface area contributed by atoms with Gasteiger partial charge in [0.05, 0.1) is 10.9 Å². The summed E-state index contributed by atoms with van der Waals surface area (Å²) in [5.74, 6) is -1.30. The van der Waals surface area contributed by atoms with E-state index in [2.05, 4.69) is 19.9 Å². The van der Waals surface area contributed by atoms with Crippen molar-refractivity contribution in [3.63, 3.8) is 0 Å². The number of aromatic hydroxyl groups is 1. The third kappa shape index (κ3) is 3.80. The van der Waals surface area contributed by atoms with Gasteiger partial charge in [0, 0.05) is 36.9 Å². The van der Waals surface area contributed by atoms with Crippen LogP contribution < -0.4 is 4.90 Å². The molecular formula is C22H20ClF2N5OS. The third-order valence-corrected chi connectivity index (χ3v) is 6.97. The molecular weight excluding hydrogens is 456 g/mol. The van der Waals surface area contributed by atoms with Crippen molar-refractivity contribution in [3.05, 3.63) is 75.4 Å². The smallest absolute Gasteiger partial charge is 0.230 e. The number of thiazole rings is 1. The molecule has 5 rings (SSSR count). The molecule has 1 N–H and O–H groups in total. The van der Waals surface area contributed by atoms with Crippen molar-refractivity contribution in [3.8, 4) is 5.88 Å². The Morgan fingerprint density at radius 2 is 1.84 bits per heavy atom. The van der Waals surface area contributed by atoms with Gasteiger partial charge in [0.1, 0.15) is 5.82 Å². The number of rotatable bonds is 4. The van der Waals surface area contributed by atoms with Crippen molar-refractivity contribution in [2.75, 3.05) is 31.1 Å². The molecule has 2 aromatic carbocycles. The van der Waals surface area contributed by atoms with Crippen LogP contribution in [-0.2, 0) is 0 Å². The van der Waals surface area contributed by atoms with E-state index < -0.39 is 17.7 Å². The molecule has 0 bridgehead atoms. The zero-order chi connectivity index (χ0) is 22.4. The van der Waals surface area contributed by atoms with Gasteiger partial charge in [-0.25, -0.2) is 13.8 Å². The van der Waals surface area contributed by atoms with E-state index in [-0.39, 0.29) is 5.88 Å². The van der Waals surface area contributed by atoms with E-state index in [0.717, 1.165) is 24.8 Å². The van der Waals surface area contributed by atoms with Crippen LogP contribution in [0.4, 0.5) is 14.5 Å².